The minimum Gasteiger partial charge on any atom is -0.387 e. The van der Waals surface area contributed by atoms with E-state index in [1.165, 1.54) is 18.3 Å². The largest absolute Gasteiger partial charge is 0.387 e. The second kappa shape index (κ2) is 4.86. The van der Waals surface area contributed by atoms with Crippen LogP contribution in [0.5, 0.6) is 0 Å². The minimum absolute atomic E-state index is 0.316. The first-order valence-corrected chi connectivity index (χ1v) is 5.71. The number of aromatic nitrogens is 2. The molecule has 0 radical (unpaired) electrons. The predicted octanol–water partition coefficient (Wildman–Crippen LogP) is 2.61. The molecule has 3 nitrogen and oxygen atoms in total. The lowest BCUT2D eigenvalue weighted by Gasteiger charge is -2.08. The van der Waals surface area contributed by atoms with E-state index in [9.17, 15) is 9.50 Å². The average molecular weight is 259 g/mol. The van der Waals surface area contributed by atoms with Gasteiger partial charge in [-0.1, -0.05) is 22.2 Å². The number of hydrogen-bond donors (Lipinski definition) is 1. The van der Waals surface area contributed by atoms with E-state index in [4.69, 9.17) is 11.6 Å². The molecule has 84 valence electrons. The van der Waals surface area contributed by atoms with Crippen LogP contribution < -0.4 is 0 Å². The highest BCUT2D eigenvalue weighted by molar-refractivity contribution is 7.05. The molecule has 0 amide bonds. The van der Waals surface area contributed by atoms with Gasteiger partial charge in [0.15, 0.2) is 0 Å². The summed E-state index contributed by atoms with van der Waals surface area (Å²) in [5, 5.41) is 13.8. The molecule has 1 atom stereocenters. The molecular weight excluding hydrogens is 251 g/mol. The van der Waals surface area contributed by atoms with Crippen molar-refractivity contribution in [3.63, 3.8) is 0 Å². The van der Waals surface area contributed by atoms with Crippen LogP contribution in [0.2, 0.25) is 5.02 Å². The molecule has 1 unspecified atom stereocenters. The van der Waals surface area contributed by atoms with E-state index < -0.39 is 6.10 Å². The van der Waals surface area contributed by atoms with Crippen LogP contribution in [0, 0.1) is 5.82 Å². The molecule has 6 heteroatoms. The molecule has 0 spiro atoms. The summed E-state index contributed by atoms with van der Waals surface area (Å²) in [5.41, 5.74) is 0.698. The van der Waals surface area contributed by atoms with Crippen molar-refractivity contribution in [3.05, 3.63) is 45.7 Å². The molecule has 16 heavy (non-hydrogen) atoms. The third-order valence-electron chi connectivity index (χ3n) is 2.14. The molecule has 2 rings (SSSR count). The number of aliphatic hydroxyl groups excluding tert-OH is 1. The SMILES string of the molecule is OC(Cc1ccc(F)cc1Cl)c1cnns1. The third-order valence-corrected chi connectivity index (χ3v) is 3.25. The molecule has 2 aromatic rings. The van der Waals surface area contributed by atoms with Crippen molar-refractivity contribution in [3.8, 4) is 0 Å². The van der Waals surface area contributed by atoms with Gasteiger partial charge >= 0.3 is 0 Å². The van der Waals surface area contributed by atoms with E-state index in [1.807, 2.05) is 0 Å². The van der Waals surface area contributed by atoms with Crippen molar-refractivity contribution in [2.75, 3.05) is 0 Å². The Morgan fingerprint density at radius 3 is 2.94 bits per heavy atom. The Morgan fingerprint density at radius 2 is 2.31 bits per heavy atom. The van der Waals surface area contributed by atoms with E-state index in [1.54, 1.807) is 6.07 Å². The summed E-state index contributed by atoms with van der Waals surface area (Å²) in [4.78, 5) is 0.667. The highest BCUT2D eigenvalue weighted by Gasteiger charge is 2.13. The van der Waals surface area contributed by atoms with Crippen LogP contribution in [0.1, 0.15) is 16.5 Å². The fourth-order valence-electron chi connectivity index (χ4n) is 1.32. The van der Waals surface area contributed by atoms with Gasteiger partial charge in [-0.15, -0.1) is 5.10 Å². The normalized spacial score (nSPS) is 12.7. The van der Waals surface area contributed by atoms with E-state index in [2.05, 4.69) is 9.59 Å². The zero-order valence-corrected chi connectivity index (χ0v) is 9.67. The van der Waals surface area contributed by atoms with Gasteiger partial charge in [-0.3, -0.25) is 0 Å². The zero-order valence-electron chi connectivity index (χ0n) is 8.10. The van der Waals surface area contributed by atoms with Gasteiger partial charge in [0.05, 0.1) is 17.2 Å². The van der Waals surface area contributed by atoms with Crippen molar-refractivity contribution < 1.29 is 9.50 Å². The summed E-state index contributed by atoms with van der Waals surface area (Å²) >= 11 is 6.99. The lowest BCUT2D eigenvalue weighted by molar-refractivity contribution is 0.182. The van der Waals surface area contributed by atoms with Crippen molar-refractivity contribution in [1.29, 1.82) is 0 Å². The Balaban J connectivity index is 2.15. The molecule has 1 aromatic carbocycles. The van der Waals surface area contributed by atoms with Gasteiger partial charge in [0.25, 0.3) is 0 Å². The fraction of sp³-hybridized carbons (Fsp3) is 0.200. The molecule has 1 N–H and O–H groups in total. The average Bonchev–Trinajstić information content (AvgIpc) is 2.75. The molecule has 0 aliphatic rings. The van der Waals surface area contributed by atoms with E-state index in [0.29, 0.717) is 21.9 Å². The van der Waals surface area contributed by atoms with Crippen LogP contribution in [-0.2, 0) is 6.42 Å². The van der Waals surface area contributed by atoms with Crippen molar-refractivity contribution in [2.24, 2.45) is 0 Å². The molecule has 1 heterocycles. The first kappa shape index (κ1) is 11.4. The van der Waals surface area contributed by atoms with Crippen molar-refractivity contribution >= 4 is 23.1 Å². The van der Waals surface area contributed by atoms with Gasteiger partial charge in [0, 0.05) is 11.4 Å². The summed E-state index contributed by atoms with van der Waals surface area (Å²) in [6, 6.07) is 4.11. The number of aliphatic hydroxyl groups is 1. The second-order valence-electron chi connectivity index (χ2n) is 3.28. The maximum atomic E-state index is 12.8. The van der Waals surface area contributed by atoms with Gasteiger partial charge in [-0.05, 0) is 29.2 Å². The van der Waals surface area contributed by atoms with Crippen LogP contribution in [-0.4, -0.2) is 14.7 Å². The number of rotatable bonds is 3. The molecule has 0 saturated heterocycles. The van der Waals surface area contributed by atoms with Gasteiger partial charge in [-0.2, -0.15) is 0 Å². The second-order valence-corrected chi connectivity index (χ2v) is 4.50. The summed E-state index contributed by atoms with van der Waals surface area (Å²) in [6.45, 7) is 0. The highest BCUT2D eigenvalue weighted by atomic mass is 35.5. The first-order chi connectivity index (χ1) is 7.66. The zero-order chi connectivity index (χ0) is 11.5. The lowest BCUT2D eigenvalue weighted by Crippen LogP contribution is -2.00. The molecule has 0 saturated carbocycles. The maximum absolute atomic E-state index is 12.8. The molecule has 0 aliphatic heterocycles. The van der Waals surface area contributed by atoms with Crippen molar-refractivity contribution in [2.45, 2.75) is 12.5 Å². The van der Waals surface area contributed by atoms with Gasteiger partial charge < -0.3 is 5.11 Å². The predicted molar refractivity (Wildman–Crippen MR) is 60.0 cm³/mol. The number of nitrogens with zero attached hydrogens (tertiary/aromatic N) is 2. The number of halogens is 2. The number of hydrogen-bond acceptors (Lipinski definition) is 4. The molecule has 1 aromatic heterocycles. The first-order valence-electron chi connectivity index (χ1n) is 4.56. The Morgan fingerprint density at radius 1 is 1.50 bits per heavy atom. The van der Waals surface area contributed by atoms with Gasteiger partial charge in [0.2, 0.25) is 0 Å². The summed E-state index contributed by atoms with van der Waals surface area (Å²) in [7, 11) is 0. The summed E-state index contributed by atoms with van der Waals surface area (Å²) in [6.07, 6.45) is 1.12. The highest BCUT2D eigenvalue weighted by Crippen LogP contribution is 2.25. The van der Waals surface area contributed by atoms with Crippen molar-refractivity contribution in [1.82, 2.24) is 9.59 Å². The monoisotopic (exact) mass is 258 g/mol. The molecule has 0 bridgehead atoms. The smallest absolute Gasteiger partial charge is 0.124 e. The Hall–Kier alpha value is -1.04. The third kappa shape index (κ3) is 2.55. The summed E-state index contributed by atoms with van der Waals surface area (Å²) < 4.78 is 16.5. The van der Waals surface area contributed by atoms with E-state index >= 15 is 0 Å². The van der Waals surface area contributed by atoms with E-state index in [-0.39, 0.29) is 5.82 Å². The van der Waals surface area contributed by atoms with Crippen LogP contribution in [0.4, 0.5) is 4.39 Å². The van der Waals surface area contributed by atoms with Crippen LogP contribution in [0.3, 0.4) is 0 Å². The van der Waals surface area contributed by atoms with Gasteiger partial charge in [-0.25, -0.2) is 4.39 Å². The van der Waals surface area contributed by atoms with E-state index in [0.717, 1.165) is 11.5 Å². The summed E-state index contributed by atoms with van der Waals surface area (Å²) in [5.74, 6) is -0.386. The number of benzene rings is 1. The molecular formula is C10H8ClFN2OS. The minimum atomic E-state index is -0.706. The Bertz CT molecular complexity index is 478. The van der Waals surface area contributed by atoms with Gasteiger partial charge in [0.1, 0.15) is 5.82 Å². The van der Waals surface area contributed by atoms with Crippen LogP contribution in [0.15, 0.2) is 24.4 Å². The standard InChI is InChI=1S/C10H8ClFN2OS/c11-8-4-7(12)2-1-6(8)3-9(15)10-5-13-14-16-10/h1-2,4-5,9,15H,3H2. The quantitative estimate of drug-likeness (QED) is 0.921. The van der Waals surface area contributed by atoms with Crippen LogP contribution in [0.25, 0.3) is 0 Å². The lowest BCUT2D eigenvalue weighted by atomic mass is 10.1. The fourth-order valence-corrected chi connectivity index (χ4v) is 2.05. The Kier molecular flexibility index (Phi) is 3.48. The Labute approximate surface area is 101 Å². The maximum Gasteiger partial charge on any atom is 0.124 e. The topological polar surface area (TPSA) is 46.0 Å². The molecule has 0 fully saturated rings. The molecule has 0 aliphatic carbocycles. The van der Waals surface area contributed by atoms with Crippen LogP contribution >= 0.6 is 23.1 Å².